The zero-order valence-corrected chi connectivity index (χ0v) is 13.5. The predicted octanol–water partition coefficient (Wildman–Crippen LogP) is 3.33. The second-order valence-corrected chi connectivity index (χ2v) is 6.23. The van der Waals surface area contributed by atoms with Gasteiger partial charge in [0.25, 0.3) is 0 Å². The van der Waals surface area contributed by atoms with Gasteiger partial charge in [0.1, 0.15) is 5.82 Å². The zero-order chi connectivity index (χ0) is 16.4. The Bertz CT molecular complexity index is 674. The van der Waals surface area contributed by atoms with Gasteiger partial charge in [-0.3, -0.25) is 0 Å². The standard InChI is InChI=1S/C18H22FN3O/c1-12-11-20-18(21-13(12)2)22-9-3-4-16(22)10-17(23)14-5-7-15(19)8-6-14/h5-8,11,16-17,23H,3-4,9-10H2,1-2H3. The van der Waals surface area contributed by atoms with E-state index in [0.29, 0.717) is 6.42 Å². The number of aliphatic hydroxyl groups excluding tert-OH is 1. The molecular formula is C18H22FN3O. The van der Waals surface area contributed by atoms with E-state index < -0.39 is 6.10 Å². The SMILES string of the molecule is Cc1cnc(N2CCCC2CC(O)c2ccc(F)cc2)nc1C. The van der Waals surface area contributed by atoms with E-state index >= 15 is 0 Å². The molecule has 0 spiro atoms. The molecule has 0 bridgehead atoms. The largest absolute Gasteiger partial charge is 0.388 e. The molecular weight excluding hydrogens is 293 g/mol. The molecule has 2 unspecified atom stereocenters. The van der Waals surface area contributed by atoms with Crippen molar-refractivity contribution in [1.82, 2.24) is 9.97 Å². The molecule has 1 fully saturated rings. The monoisotopic (exact) mass is 315 g/mol. The lowest BCUT2D eigenvalue weighted by atomic mass is 10.0. The van der Waals surface area contributed by atoms with Crippen molar-refractivity contribution in [2.75, 3.05) is 11.4 Å². The molecule has 2 heterocycles. The van der Waals surface area contributed by atoms with Gasteiger partial charge in [-0.05, 0) is 56.4 Å². The molecule has 3 rings (SSSR count). The fourth-order valence-corrected chi connectivity index (χ4v) is 3.08. The Morgan fingerprint density at radius 1 is 1.30 bits per heavy atom. The van der Waals surface area contributed by atoms with Crippen LogP contribution in [-0.4, -0.2) is 27.7 Å². The molecule has 1 aromatic heterocycles. The lowest BCUT2D eigenvalue weighted by Gasteiger charge is -2.27. The van der Waals surface area contributed by atoms with Crippen molar-refractivity contribution in [3.8, 4) is 0 Å². The van der Waals surface area contributed by atoms with Gasteiger partial charge in [0.2, 0.25) is 5.95 Å². The van der Waals surface area contributed by atoms with Gasteiger partial charge in [-0.2, -0.15) is 0 Å². The number of aromatic nitrogens is 2. The van der Waals surface area contributed by atoms with Gasteiger partial charge in [0, 0.05) is 24.5 Å². The fourth-order valence-electron chi connectivity index (χ4n) is 3.08. The summed E-state index contributed by atoms with van der Waals surface area (Å²) in [6.07, 6.45) is 3.92. The number of halogens is 1. The molecule has 2 aromatic rings. The maximum absolute atomic E-state index is 13.0. The first-order chi connectivity index (χ1) is 11.0. The van der Waals surface area contributed by atoms with Gasteiger partial charge >= 0.3 is 0 Å². The fraction of sp³-hybridized carbons (Fsp3) is 0.444. The Hall–Kier alpha value is -2.01. The van der Waals surface area contributed by atoms with E-state index in [9.17, 15) is 9.50 Å². The Morgan fingerprint density at radius 3 is 2.74 bits per heavy atom. The molecule has 1 aliphatic heterocycles. The Labute approximate surface area is 136 Å². The first-order valence-electron chi connectivity index (χ1n) is 8.05. The van der Waals surface area contributed by atoms with E-state index in [1.807, 2.05) is 20.0 Å². The zero-order valence-electron chi connectivity index (χ0n) is 13.5. The average Bonchev–Trinajstić information content (AvgIpc) is 2.99. The minimum Gasteiger partial charge on any atom is -0.388 e. The van der Waals surface area contributed by atoms with Crippen molar-refractivity contribution in [2.24, 2.45) is 0 Å². The maximum Gasteiger partial charge on any atom is 0.225 e. The average molecular weight is 315 g/mol. The van der Waals surface area contributed by atoms with E-state index in [2.05, 4.69) is 14.9 Å². The molecule has 0 saturated carbocycles. The second kappa shape index (κ2) is 6.62. The number of hydrogen-bond acceptors (Lipinski definition) is 4. The van der Waals surface area contributed by atoms with Crippen molar-refractivity contribution in [2.45, 2.75) is 45.3 Å². The molecule has 1 N–H and O–H groups in total. The molecule has 0 aliphatic carbocycles. The third-order valence-electron chi connectivity index (χ3n) is 4.60. The highest BCUT2D eigenvalue weighted by Crippen LogP contribution is 2.30. The minimum atomic E-state index is -0.604. The van der Waals surface area contributed by atoms with Crippen LogP contribution >= 0.6 is 0 Å². The lowest BCUT2D eigenvalue weighted by Crippen LogP contribution is -2.32. The number of anilines is 1. The number of benzene rings is 1. The van der Waals surface area contributed by atoms with E-state index in [1.165, 1.54) is 12.1 Å². The topological polar surface area (TPSA) is 49.2 Å². The summed E-state index contributed by atoms with van der Waals surface area (Å²) in [5.74, 6) is 0.453. The maximum atomic E-state index is 13.0. The number of nitrogens with zero attached hydrogens (tertiary/aromatic N) is 3. The molecule has 1 aromatic carbocycles. The summed E-state index contributed by atoms with van der Waals surface area (Å²) in [5, 5.41) is 10.4. The molecule has 2 atom stereocenters. The molecule has 122 valence electrons. The van der Waals surface area contributed by atoms with Crippen molar-refractivity contribution >= 4 is 5.95 Å². The Morgan fingerprint density at radius 2 is 2.04 bits per heavy atom. The number of aryl methyl sites for hydroxylation is 2. The first kappa shape index (κ1) is 15.9. The normalized spacial score (nSPS) is 19.1. The summed E-state index contributed by atoms with van der Waals surface area (Å²) >= 11 is 0. The summed E-state index contributed by atoms with van der Waals surface area (Å²) in [7, 11) is 0. The van der Waals surface area contributed by atoms with Crippen LogP contribution in [0.25, 0.3) is 0 Å². The van der Waals surface area contributed by atoms with Gasteiger partial charge in [-0.15, -0.1) is 0 Å². The summed E-state index contributed by atoms with van der Waals surface area (Å²) in [4.78, 5) is 11.2. The molecule has 0 amide bonds. The number of aliphatic hydroxyl groups is 1. The molecule has 4 nitrogen and oxygen atoms in total. The minimum absolute atomic E-state index is 0.206. The molecule has 0 radical (unpaired) electrons. The highest BCUT2D eigenvalue weighted by Gasteiger charge is 2.29. The first-order valence-corrected chi connectivity index (χ1v) is 8.05. The predicted molar refractivity (Wildman–Crippen MR) is 87.9 cm³/mol. The second-order valence-electron chi connectivity index (χ2n) is 6.23. The van der Waals surface area contributed by atoms with Crippen molar-refractivity contribution in [3.05, 3.63) is 53.1 Å². The highest BCUT2D eigenvalue weighted by atomic mass is 19.1. The van der Waals surface area contributed by atoms with Crippen LogP contribution in [0.4, 0.5) is 10.3 Å². The Kier molecular flexibility index (Phi) is 4.57. The van der Waals surface area contributed by atoms with Crippen molar-refractivity contribution < 1.29 is 9.50 Å². The van der Waals surface area contributed by atoms with Gasteiger partial charge in [-0.1, -0.05) is 12.1 Å². The summed E-state index contributed by atoms with van der Waals surface area (Å²) < 4.78 is 13.0. The van der Waals surface area contributed by atoms with Crippen molar-refractivity contribution in [1.29, 1.82) is 0 Å². The third-order valence-corrected chi connectivity index (χ3v) is 4.60. The number of rotatable bonds is 4. The summed E-state index contributed by atoms with van der Waals surface area (Å²) in [6.45, 7) is 4.89. The van der Waals surface area contributed by atoms with E-state index in [1.54, 1.807) is 12.1 Å². The summed E-state index contributed by atoms with van der Waals surface area (Å²) in [5.41, 5.74) is 2.81. The summed E-state index contributed by atoms with van der Waals surface area (Å²) in [6, 6.07) is 6.27. The third kappa shape index (κ3) is 3.50. The van der Waals surface area contributed by atoms with Crippen LogP contribution < -0.4 is 4.90 Å². The van der Waals surface area contributed by atoms with Crippen LogP contribution in [0.3, 0.4) is 0 Å². The van der Waals surface area contributed by atoms with Gasteiger partial charge in [0.15, 0.2) is 0 Å². The number of hydrogen-bond donors (Lipinski definition) is 1. The van der Waals surface area contributed by atoms with Gasteiger partial charge in [0.05, 0.1) is 6.10 Å². The van der Waals surface area contributed by atoms with E-state index in [-0.39, 0.29) is 11.9 Å². The highest BCUT2D eigenvalue weighted by molar-refractivity contribution is 5.36. The van der Waals surface area contributed by atoms with Gasteiger partial charge in [-0.25, -0.2) is 14.4 Å². The Balaban J connectivity index is 1.73. The van der Waals surface area contributed by atoms with Gasteiger partial charge < -0.3 is 10.0 Å². The smallest absolute Gasteiger partial charge is 0.225 e. The molecule has 1 saturated heterocycles. The van der Waals surface area contributed by atoms with Crippen LogP contribution in [-0.2, 0) is 0 Å². The van der Waals surface area contributed by atoms with E-state index in [0.717, 1.165) is 42.2 Å². The van der Waals surface area contributed by atoms with E-state index in [4.69, 9.17) is 0 Å². The molecule has 1 aliphatic rings. The van der Waals surface area contributed by atoms with Crippen LogP contribution in [0.1, 0.15) is 42.2 Å². The lowest BCUT2D eigenvalue weighted by molar-refractivity contribution is 0.158. The van der Waals surface area contributed by atoms with Crippen LogP contribution in [0, 0.1) is 19.7 Å². The van der Waals surface area contributed by atoms with Crippen LogP contribution in [0.5, 0.6) is 0 Å². The molecule has 5 heteroatoms. The quantitative estimate of drug-likeness (QED) is 0.940. The van der Waals surface area contributed by atoms with Crippen LogP contribution in [0.15, 0.2) is 30.5 Å². The van der Waals surface area contributed by atoms with Crippen LogP contribution in [0.2, 0.25) is 0 Å². The van der Waals surface area contributed by atoms with Crippen molar-refractivity contribution in [3.63, 3.8) is 0 Å². The molecule has 23 heavy (non-hydrogen) atoms.